The van der Waals surface area contributed by atoms with Crippen molar-refractivity contribution in [1.82, 2.24) is 4.90 Å². The molecule has 1 saturated heterocycles. The van der Waals surface area contributed by atoms with E-state index >= 15 is 0 Å². The Morgan fingerprint density at radius 2 is 1.34 bits per heavy atom. The first-order chi connectivity index (χ1) is 22.8. The number of piperidine rings is 1. The zero-order valence-corrected chi connectivity index (χ0v) is 32.6. The summed E-state index contributed by atoms with van der Waals surface area (Å²) in [6.07, 6.45) is 7.32. The van der Waals surface area contributed by atoms with E-state index in [2.05, 4.69) is 74.3 Å². The molecule has 0 spiro atoms. The maximum Gasteiger partial charge on any atom is 0.250 e. The molecule has 1 fully saturated rings. The Bertz CT molecular complexity index is 2180. The molecule has 2 aliphatic carbocycles. The lowest BCUT2D eigenvalue weighted by Gasteiger charge is -2.52. The normalized spacial score (nSPS) is 27.1. The van der Waals surface area contributed by atoms with Crippen molar-refractivity contribution in [3.8, 4) is 0 Å². The summed E-state index contributed by atoms with van der Waals surface area (Å²) < 4.78 is 58.9. The van der Waals surface area contributed by atoms with Gasteiger partial charge in [0.1, 0.15) is 5.76 Å². The van der Waals surface area contributed by atoms with Crippen LogP contribution in [-0.4, -0.2) is 77.0 Å². The number of carbonyl (C=O) groups excluding carboxylic acids is 1. The van der Waals surface area contributed by atoms with Crippen molar-refractivity contribution in [2.45, 2.75) is 91.9 Å². The van der Waals surface area contributed by atoms with E-state index in [9.17, 15) is 26.7 Å². The lowest BCUT2D eigenvalue weighted by molar-refractivity contribution is -0.111. The minimum atomic E-state index is -3.92. The van der Waals surface area contributed by atoms with E-state index < -0.39 is 36.7 Å². The number of Topliss-reactive ketones (excluding diaryl/α,β-unsaturated/α-hetero) is 1. The van der Waals surface area contributed by atoms with Gasteiger partial charge in [0, 0.05) is 59.8 Å². The van der Waals surface area contributed by atoms with Gasteiger partial charge in [-0.2, -0.15) is 4.40 Å². The zero-order valence-electron chi connectivity index (χ0n) is 31.0. The summed E-state index contributed by atoms with van der Waals surface area (Å²) in [6, 6.07) is 1.89. The molecule has 2 N–H and O–H groups in total. The van der Waals surface area contributed by atoms with Crippen LogP contribution in [0.5, 0.6) is 0 Å². The first kappa shape index (κ1) is 35.0. The van der Waals surface area contributed by atoms with Crippen LogP contribution in [0, 0.1) is 10.8 Å². The summed E-state index contributed by atoms with van der Waals surface area (Å²) in [5.41, 5.74) is 5.32. The van der Waals surface area contributed by atoms with Gasteiger partial charge in [0.15, 0.2) is 0 Å². The largest absolute Gasteiger partial charge is 0.506 e. The van der Waals surface area contributed by atoms with Crippen LogP contribution in [-0.2, 0) is 35.7 Å². The molecule has 0 unspecified atom stereocenters. The van der Waals surface area contributed by atoms with E-state index in [1.807, 2.05) is 12.1 Å². The number of rotatable bonds is 4. The van der Waals surface area contributed by atoms with Gasteiger partial charge in [0.25, 0.3) is 10.0 Å². The number of aliphatic hydroxyl groups excluding tert-OH is 1. The highest BCUT2D eigenvalue weighted by molar-refractivity contribution is 7.92. The Morgan fingerprint density at radius 3 is 1.92 bits per heavy atom. The quantitative estimate of drug-likeness (QED) is 0.355. The number of carbonyl (C=O) groups is 1. The van der Waals surface area contributed by atoms with Crippen LogP contribution in [0.4, 0.5) is 11.4 Å². The highest BCUT2D eigenvalue weighted by Gasteiger charge is 2.50. The molecule has 1 aromatic rings. The van der Waals surface area contributed by atoms with E-state index in [4.69, 9.17) is 0 Å². The van der Waals surface area contributed by atoms with Gasteiger partial charge in [0.05, 0.1) is 35.1 Å². The Balaban J connectivity index is 1.55. The molecule has 0 amide bonds. The van der Waals surface area contributed by atoms with Crippen LogP contribution in [0.1, 0.15) is 97.8 Å². The maximum absolute atomic E-state index is 14.7. The predicted octanol–water partition coefficient (Wildman–Crippen LogP) is 6.13. The van der Waals surface area contributed by atoms with Gasteiger partial charge >= 0.3 is 0 Å². The van der Waals surface area contributed by atoms with E-state index in [0.29, 0.717) is 16.8 Å². The molecule has 0 bridgehead atoms. The molecule has 7 rings (SSSR count). The minimum absolute atomic E-state index is 0.00700. The van der Waals surface area contributed by atoms with Crippen molar-refractivity contribution in [2.24, 2.45) is 15.2 Å². The van der Waals surface area contributed by atoms with Crippen LogP contribution in [0.2, 0.25) is 0 Å². The Kier molecular flexibility index (Phi) is 7.42. The number of hydrogen-bond acceptors (Lipinski definition) is 8. The summed E-state index contributed by atoms with van der Waals surface area (Å²) in [6.45, 7) is 20.3. The Labute approximate surface area is 297 Å². The number of nitrogens with zero attached hydrogens (tertiary/aromatic N) is 3. The first-order valence-electron chi connectivity index (χ1n) is 17.6. The van der Waals surface area contributed by atoms with Gasteiger partial charge < -0.3 is 14.9 Å². The van der Waals surface area contributed by atoms with Crippen molar-refractivity contribution in [3.05, 3.63) is 62.6 Å². The second-order valence-corrected chi connectivity index (χ2v) is 21.1. The number of sulfonamides is 2. The first-order valence-corrected chi connectivity index (χ1v) is 21.3. The zero-order chi connectivity index (χ0) is 36.7. The highest BCUT2D eigenvalue weighted by Crippen LogP contribution is 2.57. The smallest absolute Gasteiger partial charge is 0.250 e. The van der Waals surface area contributed by atoms with Crippen molar-refractivity contribution in [1.29, 1.82) is 0 Å². The number of ketones is 1. The minimum Gasteiger partial charge on any atom is -0.506 e. The third-order valence-electron chi connectivity index (χ3n) is 12.1. The third-order valence-corrected chi connectivity index (χ3v) is 13.1. The second-order valence-electron chi connectivity index (χ2n) is 17.8. The molecule has 50 heavy (non-hydrogen) atoms. The van der Waals surface area contributed by atoms with Crippen molar-refractivity contribution in [3.63, 3.8) is 0 Å². The SMILES string of the molecule is CC1(C)CCN2CCC(C)(C)C3=C2C1=CC(=C1C(=O)C(c2cc4c5c(c2NS(C)(=O)=O)C(C)(C)CCN5CCC4(C)C)=C1O)C3=NS(C)(=O)=O. The fourth-order valence-corrected chi connectivity index (χ4v) is 10.1. The molecular weight excluding hydrogens is 673 g/mol. The lowest BCUT2D eigenvalue weighted by Crippen LogP contribution is -2.48. The predicted molar refractivity (Wildman–Crippen MR) is 200 cm³/mol. The highest BCUT2D eigenvalue weighted by atomic mass is 32.2. The number of nitrogens with one attached hydrogen (secondary N) is 1. The fourth-order valence-electron chi connectivity index (χ4n) is 9.01. The summed E-state index contributed by atoms with van der Waals surface area (Å²) in [4.78, 5) is 19.3. The second kappa shape index (κ2) is 10.6. The van der Waals surface area contributed by atoms with Crippen LogP contribution < -0.4 is 9.62 Å². The van der Waals surface area contributed by atoms with Crippen molar-refractivity contribution < 1.29 is 26.7 Å². The molecule has 12 heteroatoms. The maximum atomic E-state index is 14.7. The molecule has 0 radical (unpaired) electrons. The number of hydrogen-bond donors (Lipinski definition) is 2. The van der Waals surface area contributed by atoms with E-state index in [1.165, 1.54) is 0 Å². The van der Waals surface area contributed by atoms with Gasteiger partial charge in [-0.05, 0) is 70.6 Å². The molecule has 1 aromatic carbocycles. The van der Waals surface area contributed by atoms with Crippen molar-refractivity contribution in [2.75, 3.05) is 48.3 Å². The lowest BCUT2D eigenvalue weighted by atomic mass is 9.62. The Hall–Kier alpha value is -3.38. The van der Waals surface area contributed by atoms with Gasteiger partial charge in [-0.3, -0.25) is 9.52 Å². The molecular formula is C38H50N4O6S2. The molecule has 4 heterocycles. The number of benzene rings is 1. The van der Waals surface area contributed by atoms with Crippen LogP contribution in [0.15, 0.2) is 50.3 Å². The molecule has 0 aromatic heterocycles. The molecule has 270 valence electrons. The Morgan fingerprint density at radius 1 is 0.780 bits per heavy atom. The summed E-state index contributed by atoms with van der Waals surface area (Å²) in [7, 11) is -7.72. The average molecular weight is 723 g/mol. The molecule has 0 atom stereocenters. The molecule has 10 nitrogen and oxygen atoms in total. The number of allylic oxidation sites excluding steroid dienone is 6. The topological polar surface area (TPSA) is 136 Å². The summed E-state index contributed by atoms with van der Waals surface area (Å²) in [5.74, 6) is -0.754. The summed E-state index contributed by atoms with van der Waals surface area (Å²) in [5, 5.41) is 12.1. The van der Waals surface area contributed by atoms with Gasteiger partial charge in [-0.25, -0.2) is 16.8 Å². The molecule has 6 aliphatic rings. The number of aliphatic hydroxyl groups is 1. The van der Waals surface area contributed by atoms with Gasteiger partial charge in [-0.15, -0.1) is 0 Å². The number of anilines is 2. The van der Waals surface area contributed by atoms with Crippen molar-refractivity contribution >= 4 is 48.5 Å². The average Bonchev–Trinajstić information content (AvgIpc) is 2.95. The van der Waals surface area contributed by atoms with E-state index in [1.54, 1.807) is 0 Å². The van der Waals surface area contributed by atoms with Crippen LogP contribution >= 0.6 is 0 Å². The third kappa shape index (κ3) is 5.30. The molecule has 4 aliphatic heterocycles. The van der Waals surface area contributed by atoms with Gasteiger partial charge in [-0.1, -0.05) is 55.4 Å². The summed E-state index contributed by atoms with van der Waals surface area (Å²) >= 11 is 0. The van der Waals surface area contributed by atoms with E-state index in [-0.39, 0.29) is 33.4 Å². The van der Waals surface area contributed by atoms with E-state index in [0.717, 1.165) is 98.0 Å². The standard InChI is InChI=1S/C38H50N4O6S2/c1-35(2)11-15-41-17-13-37(5,6)27-29(39-49(9,45)46)21(19-23(35)31(27)41)25-33(43)26(34(25)44)22-20-24-32-28(30(22)40-50(10,47)48)38(7,8)14-18-42(32)16-12-36(24,3)4/h19-20,39,43H,11-18H2,1-10H3. The van der Waals surface area contributed by atoms with Crippen LogP contribution in [0.25, 0.3) is 5.57 Å². The van der Waals surface area contributed by atoms with Crippen LogP contribution in [0.3, 0.4) is 0 Å². The fraction of sp³-hybridized carbons (Fsp3) is 0.579. The van der Waals surface area contributed by atoms with Gasteiger partial charge in [0.2, 0.25) is 15.8 Å². The molecule has 0 saturated carbocycles. The monoisotopic (exact) mass is 722 g/mol.